The van der Waals surface area contributed by atoms with E-state index in [-0.39, 0.29) is 6.10 Å². The summed E-state index contributed by atoms with van der Waals surface area (Å²) in [7, 11) is 3.45. The summed E-state index contributed by atoms with van der Waals surface area (Å²) in [5.41, 5.74) is 2.58. The van der Waals surface area contributed by atoms with Crippen molar-refractivity contribution in [3.05, 3.63) is 35.4 Å². The van der Waals surface area contributed by atoms with E-state index in [4.69, 9.17) is 9.47 Å². The molecule has 2 rings (SSSR count). The second-order valence-corrected chi connectivity index (χ2v) is 4.90. The second kappa shape index (κ2) is 7.60. The minimum Gasteiger partial charge on any atom is -0.382 e. The van der Waals surface area contributed by atoms with Gasteiger partial charge in [0.1, 0.15) is 6.10 Å². The average molecular weight is 264 g/mol. The predicted molar refractivity (Wildman–Crippen MR) is 76.2 cm³/mol. The molecule has 1 N–H and O–H groups in total. The zero-order chi connectivity index (χ0) is 13.5. The molecular formula is C15H24N2O2. The number of piperazine rings is 1. The van der Waals surface area contributed by atoms with E-state index in [1.165, 1.54) is 11.1 Å². The molecule has 19 heavy (non-hydrogen) atoms. The van der Waals surface area contributed by atoms with Crippen LogP contribution in [0.15, 0.2) is 24.3 Å². The Morgan fingerprint density at radius 2 is 1.95 bits per heavy atom. The summed E-state index contributed by atoms with van der Waals surface area (Å²) < 4.78 is 10.8. The van der Waals surface area contributed by atoms with Crippen LogP contribution in [0.2, 0.25) is 0 Å². The van der Waals surface area contributed by atoms with Crippen molar-refractivity contribution in [2.75, 3.05) is 47.0 Å². The van der Waals surface area contributed by atoms with E-state index < -0.39 is 0 Å². The summed E-state index contributed by atoms with van der Waals surface area (Å²) in [6.07, 6.45) is 0.0177. The SMILES string of the molecule is COCC(OC)c1ccccc1CN1CCNCC1. The molecule has 0 aliphatic carbocycles. The van der Waals surface area contributed by atoms with Crippen molar-refractivity contribution in [1.29, 1.82) is 0 Å². The maximum atomic E-state index is 5.55. The summed E-state index contributed by atoms with van der Waals surface area (Å²) in [6, 6.07) is 8.50. The van der Waals surface area contributed by atoms with Crippen LogP contribution in [0.25, 0.3) is 0 Å². The molecule has 0 saturated carbocycles. The second-order valence-electron chi connectivity index (χ2n) is 4.90. The third-order valence-electron chi connectivity index (χ3n) is 3.61. The van der Waals surface area contributed by atoms with Gasteiger partial charge in [-0.1, -0.05) is 24.3 Å². The lowest BCUT2D eigenvalue weighted by atomic mass is 10.0. The van der Waals surface area contributed by atoms with E-state index in [2.05, 4.69) is 34.5 Å². The van der Waals surface area contributed by atoms with Crippen LogP contribution in [0, 0.1) is 0 Å². The zero-order valence-electron chi connectivity index (χ0n) is 11.9. The number of nitrogens with zero attached hydrogens (tertiary/aromatic N) is 1. The highest BCUT2D eigenvalue weighted by Gasteiger charge is 2.17. The largest absolute Gasteiger partial charge is 0.382 e. The Bertz CT molecular complexity index is 378. The molecule has 1 heterocycles. The summed E-state index contributed by atoms with van der Waals surface area (Å²) in [4.78, 5) is 2.48. The Morgan fingerprint density at radius 3 is 2.63 bits per heavy atom. The number of hydrogen-bond donors (Lipinski definition) is 1. The van der Waals surface area contributed by atoms with E-state index in [1.807, 2.05) is 0 Å². The van der Waals surface area contributed by atoms with Crippen LogP contribution in [0.1, 0.15) is 17.2 Å². The molecule has 1 unspecified atom stereocenters. The van der Waals surface area contributed by atoms with Gasteiger partial charge < -0.3 is 14.8 Å². The van der Waals surface area contributed by atoms with Crippen molar-refractivity contribution in [2.45, 2.75) is 12.6 Å². The number of benzene rings is 1. The highest BCUT2D eigenvalue weighted by Crippen LogP contribution is 2.22. The van der Waals surface area contributed by atoms with Crippen LogP contribution in [0.4, 0.5) is 0 Å². The molecule has 106 valence electrons. The minimum atomic E-state index is 0.0177. The molecule has 0 bridgehead atoms. The van der Waals surface area contributed by atoms with Crippen molar-refractivity contribution in [2.24, 2.45) is 0 Å². The minimum absolute atomic E-state index is 0.0177. The molecule has 0 radical (unpaired) electrons. The van der Waals surface area contributed by atoms with Crippen LogP contribution in [0.3, 0.4) is 0 Å². The summed E-state index contributed by atoms with van der Waals surface area (Å²) in [5.74, 6) is 0. The molecule has 0 aromatic heterocycles. The molecule has 4 nitrogen and oxygen atoms in total. The van der Waals surface area contributed by atoms with Gasteiger partial charge >= 0.3 is 0 Å². The standard InChI is InChI=1S/C15H24N2O2/c1-18-12-15(19-2)14-6-4-3-5-13(14)11-17-9-7-16-8-10-17/h3-6,15-16H,7-12H2,1-2H3. The van der Waals surface area contributed by atoms with E-state index in [1.54, 1.807) is 14.2 Å². The molecule has 1 aromatic carbocycles. The normalized spacial score (nSPS) is 18.4. The van der Waals surface area contributed by atoms with Gasteiger partial charge in [-0.05, 0) is 11.1 Å². The van der Waals surface area contributed by atoms with Crippen molar-refractivity contribution >= 4 is 0 Å². The average Bonchev–Trinajstić information content (AvgIpc) is 2.47. The number of nitrogens with one attached hydrogen (secondary N) is 1. The number of methoxy groups -OCH3 is 2. The first-order chi connectivity index (χ1) is 9.35. The fourth-order valence-electron chi connectivity index (χ4n) is 2.54. The van der Waals surface area contributed by atoms with Gasteiger partial charge in [0.2, 0.25) is 0 Å². The number of rotatable bonds is 6. The Balaban J connectivity index is 2.10. The monoisotopic (exact) mass is 264 g/mol. The van der Waals surface area contributed by atoms with Crippen LogP contribution in [-0.4, -0.2) is 51.9 Å². The van der Waals surface area contributed by atoms with Gasteiger partial charge in [0.25, 0.3) is 0 Å². The molecule has 4 heteroatoms. The first-order valence-corrected chi connectivity index (χ1v) is 6.87. The Hall–Kier alpha value is -0.940. The van der Waals surface area contributed by atoms with Gasteiger partial charge in [-0.25, -0.2) is 0 Å². The van der Waals surface area contributed by atoms with Gasteiger partial charge in [0.15, 0.2) is 0 Å². The van der Waals surface area contributed by atoms with Crippen LogP contribution in [0.5, 0.6) is 0 Å². The van der Waals surface area contributed by atoms with E-state index in [0.29, 0.717) is 6.61 Å². The molecule has 1 fully saturated rings. The van der Waals surface area contributed by atoms with Gasteiger partial charge in [-0.15, -0.1) is 0 Å². The van der Waals surface area contributed by atoms with Gasteiger partial charge in [-0.3, -0.25) is 4.90 Å². The molecule has 0 amide bonds. The Kier molecular flexibility index (Phi) is 5.79. The Labute approximate surface area is 115 Å². The molecule has 1 saturated heterocycles. The number of hydrogen-bond acceptors (Lipinski definition) is 4. The van der Waals surface area contributed by atoms with Crippen molar-refractivity contribution in [3.8, 4) is 0 Å². The topological polar surface area (TPSA) is 33.7 Å². The van der Waals surface area contributed by atoms with Crippen LogP contribution < -0.4 is 5.32 Å². The third kappa shape index (κ3) is 4.01. The van der Waals surface area contributed by atoms with Crippen LogP contribution >= 0.6 is 0 Å². The first-order valence-electron chi connectivity index (χ1n) is 6.87. The molecule has 1 aliphatic heterocycles. The lowest BCUT2D eigenvalue weighted by Crippen LogP contribution is -2.43. The quantitative estimate of drug-likeness (QED) is 0.842. The fraction of sp³-hybridized carbons (Fsp3) is 0.600. The maximum absolute atomic E-state index is 5.55. The van der Waals surface area contributed by atoms with Crippen molar-refractivity contribution in [3.63, 3.8) is 0 Å². The molecular weight excluding hydrogens is 240 g/mol. The molecule has 1 aromatic rings. The zero-order valence-corrected chi connectivity index (χ0v) is 11.9. The highest BCUT2D eigenvalue weighted by molar-refractivity contribution is 5.29. The summed E-state index contributed by atoms with van der Waals surface area (Å²) >= 11 is 0. The lowest BCUT2D eigenvalue weighted by molar-refractivity contribution is 0.0265. The fourth-order valence-corrected chi connectivity index (χ4v) is 2.54. The maximum Gasteiger partial charge on any atom is 0.106 e. The summed E-state index contributed by atoms with van der Waals surface area (Å²) in [6.45, 7) is 5.95. The molecule has 1 atom stereocenters. The van der Waals surface area contributed by atoms with E-state index in [9.17, 15) is 0 Å². The van der Waals surface area contributed by atoms with Gasteiger partial charge in [-0.2, -0.15) is 0 Å². The first kappa shape index (κ1) is 14.5. The van der Waals surface area contributed by atoms with E-state index >= 15 is 0 Å². The van der Waals surface area contributed by atoms with Crippen molar-refractivity contribution in [1.82, 2.24) is 10.2 Å². The van der Waals surface area contributed by atoms with Gasteiger partial charge in [0.05, 0.1) is 6.61 Å². The van der Waals surface area contributed by atoms with Gasteiger partial charge in [0, 0.05) is 46.9 Å². The number of ether oxygens (including phenoxy) is 2. The smallest absolute Gasteiger partial charge is 0.106 e. The Morgan fingerprint density at radius 1 is 1.21 bits per heavy atom. The predicted octanol–water partition coefficient (Wildman–Crippen LogP) is 1.43. The molecule has 0 spiro atoms. The van der Waals surface area contributed by atoms with Crippen LogP contribution in [-0.2, 0) is 16.0 Å². The summed E-state index contributed by atoms with van der Waals surface area (Å²) in [5, 5.41) is 3.38. The van der Waals surface area contributed by atoms with E-state index in [0.717, 1.165) is 32.7 Å². The third-order valence-corrected chi connectivity index (χ3v) is 3.61. The highest BCUT2D eigenvalue weighted by atomic mass is 16.5. The molecule has 1 aliphatic rings. The lowest BCUT2D eigenvalue weighted by Gasteiger charge is -2.29. The van der Waals surface area contributed by atoms with Crippen molar-refractivity contribution < 1.29 is 9.47 Å².